The smallest absolute Gasteiger partial charge is 0.254 e. The third-order valence-electron chi connectivity index (χ3n) is 3.50. The minimum absolute atomic E-state index is 0.0353. The highest BCUT2D eigenvalue weighted by Crippen LogP contribution is 2.30. The van der Waals surface area contributed by atoms with Crippen molar-refractivity contribution in [3.63, 3.8) is 0 Å². The number of carbonyl (C=O) groups is 1. The molecule has 0 spiro atoms. The van der Waals surface area contributed by atoms with Gasteiger partial charge in [0.2, 0.25) is 0 Å². The second kappa shape index (κ2) is 5.87. The van der Waals surface area contributed by atoms with Crippen LogP contribution in [0.15, 0.2) is 18.2 Å². The number of nitrogens with two attached hydrogens (primary N) is 1. The fourth-order valence-electron chi connectivity index (χ4n) is 2.22. The molecule has 4 heteroatoms. The Morgan fingerprint density at radius 1 is 1.45 bits per heavy atom. The molecule has 1 aromatic rings. The highest BCUT2D eigenvalue weighted by atomic mass is 16.2. The van der Waals surface area contributed by atoms with Crippen molar-refractivity contribution in [2.24, 2.45) is 5.92 Å². The summed E-state index contributed by atoms with van der Waals surface area (Å²) in [5, 5.41) is 0. The van der Waals surface area contributed by atoms with Gasteiger partial charge in [-0.25, -0.2) is 0 Å². The van der Waals surface area contributed by atoms with Crippen molar-refractivity contribution in [2.75, 3.05) is 37.8 Å². The summed E-state index contributed by atoms with van der Waals surface area (Å²) in [5.41, 5.74) is 8.11. The molecule has 0 bridgehead atoms. The van der Waals surface area contributed by atoms with Gasteiger partial charge in [-0.05, 0) is 37.0 Å². The van der Waals surface area contributed by atoms with Crippen LogP contribution < -0.4 is 10.6 Å². The fourth-order valence-corrected chi connectivity index (χ4v) is 2.22. The van der Waals surface area contributed by atoms with E-state index in [1.54, 1.807) is 11.0 Å². The number of nitrogens with zero attached hydrogens (tertiary/aromatic N) is 2. The van der Waals surface area contributed by atoms with Gasteiger partial charge in [0.1, 0.15) is 0 Å². The van der Waals surface area contributed by atoms with Crippen LogP contribution in [-0.2, 0) is 0 Å². The van der Waals surface area contributed by atoms with Crippen LogP contribution >= 0.6 is 0 Å². The summed E-state index contributed by atoms with van der Waals surface area (Å²) >= 11 is 0. The minimum Gasteiger partial charge on any atom is -0.397 e. The molecule has 1 aliphatic carbocycles. The molecular weight excluding hydrogens is 250 g/mol. The maximum Gasteiger partial charge on any atom is 0.254 e. The first-order valence-electron chi connectivity index (χ1n) is 6.82. The molecule has 0 atom stereocenters. The molecule has 1 saturated carbocycles. The van der Waals surface area contributed by atoms with Crippen LogP contribution in [0.4, 0.5) is 11.4 Å². The van der Waals surface area contributed by atoms with Gasteiger partial charge in [0.05, 0.1) is 17.9 Å². The summed E-state index contributed by atoms with van der Waals surface area (Å²) in [4.78, 5) is 16.2. The minimum atomic E-state index is -0.0353. The monoisotopic (exact) mass is 271 g/mol. The first-order chi connectivity index (χ1) is 9.52. The molecular formula is C16H21N3O. The summed E-state index contributed by atoms with van der Waals surface area (Å²) in [6, 6.07) is 5.41. The Kier molecular flexibility index (Phi) is 4.19. The number of anilines is 2. The first kappa shape index (κ1) is 14.3. The Hall–Kier alpha value is -2.15. The molecule has 0 heterocycles. The lowest BCUT2D eigenvalue weighted by Crippen LogP contribution is -2.33. The van der Waals surface area contributed by atoms with Crippen molar-refractivity contribution in [1.29, 1.82) is 0 Å². The number of rotatable bonds is 5. The van der Waals surface area contributed by atoms with Gasteiger partial charge >= 0.3 is 0 Å². The predicted octanol–water partition coefficient (Wildman–Crippen LogP) is 1.82. The number of benzene rings is 1. The van der Waals surface area contributed by atoms with Crippen molar-refractivity contribution in [3.05, 3.63) is 23.8 Å². The van der Waals surface area contributed by atoms with Gasteiger partial charge in [-0.3, -0.25) is 4.79 Å². The average Bonchev–Trinajstić information content (AvgIpc) is 3.21. The highest BCUT2D eigenvalue weighted by Gasteiger charge is 2.27. The largest absolute Gasteiger partial charge is 0.397 e. The fraction of sp³-hybridized carbons (Fsp3) is 0.438. The van der Waals surface area contributed by atoms with Crippen molar-refractivity contribution in [3.8, 4) is 12.3 Å². The van der Waals surface area contributed by atoms with Crippen molar-refractivity contribution in [1.82, 2.24) is 4.90 Å². The molecule has 0 saturated heterocycles. The van der Waals surface area contributed by atoms with Gasteiger partial charge in [-0.1, -0.05) is 5.92 Å². The van der Waals surface area contributed by atoms with Crippen LogP contribution in [0.5, 0.6) is 0 Å². The lowest BCUT2D eigenvalue weighted by molar-refractivity contribution is 0.0770. The third-order valence-corrected chi connectivity index (χ3v) is 3.50. The molecule has 1 fully saturated rings. The SMILES string of the molecule is C#CCN(CC1CC1)C(=O)c1ccc(N(C)C)c(N)c1. The Balaban J connectivity index is 2.17. The molecule has 2 rings (SSSR count). The Morgan fingerprint density at radius 3 is 2.65 bits per heavy atom. The van der Waals surface area contributed by atoms with E-state index in [2.05, 4.69) is 5.92 Å². The van der Waals surface area contributed by atoms with E-state index in [9.17, 15) is 4.79 Å². The predicted molar refractivity (Wildman–Crippen MR) is 82.6 cm³/mol. The number of carbonyl (C=O) groups excluding carboxylic acids is 1. The number of hydrogen-bond donors (Lipinski definition) is 1. The highest BCUT2D eigenvalue weighted by molar-refractivity contribution is 5.96. The van der Waals surface area contributed by atoms with Crippen LogP contribution in [0.25, 0.3) is 0 Å². The summed E-state index contributed by atoms with van der Waals surface area (Å²) in [5.74, 6) is 3.14. The van der Waals surface area contributed by atoms with Gasteiger partial charge in [0.25, 0.3) is 5.91 Å². The first-order valence-corrected chi connectivity index (χ1v) is 6.82. The summed E-state index contributed by atoms with van der Waals surface area (Å²) in [6.07, 6.45) is 7.74. The summed E-state index contributed by atoms with van der Waals surface area (Å²) in [7, 11) is 3.84. The summed E-state index contributed by atoms with van der Waals surface area (Å²) in [6.45, 7) is 1.10. The lowest BCUT2D eigenvalue weighted by atomic mass is 10.1. The van der Waals surface area contributed by atoms with Gasteiger partial charge in [0.15, 0.2) is 0 Å². The van der Waals surface area contributed by atoms with E-state index >= 15 is 0 Å². The van der Waals surface area contributed by atoms with Crippen LogP contribution in [0.3, 0.4) is 0 Å². The summed E-state index contributed by atoms with van der Waals surface area (Å²) < 4.78 is 0. The average molecular weight is 271 g/mol. The molecule has 1 amide bonds. The molecule has 0 aliphatic heterocycles. The van der Waals surface area contributed by atoms with E-state index in [1.165, 1.54) is 12.8 Å². The lowest BCUT2D eigenvalue weighted by Gasteiger charge is -2.21. The van der Waals surface area contributed by atoms with Gasteiger partial charge in [-0.2, -0.15) is 0 Å². The third kappa shape index (κ3) is 3.24. The van der Waals surface area contributed by atoms with Crippen LogP contribution in [0.2, 0.25) is 0 Å². The zero-order valence-corrected chi connectivity index (χ0v) is 12.1. The molecule has 106 valence electrons. The van der Waals surface area contributed by atoms with E-state index in [4.69, 9.17) is 12.2 Å². The van der Waals surface area contributed by atoms with Crippen LogP contribution in [-0.4, -0.2) is 38.0 Å². The molecule has 1 aliphatic rings. The Morgan fingerprint density at radius 2 is 2.15 bits per heavy atom. The molecule has 2 N–H and O–H groups in total. The maximum atomic E-state index is 12.5. The normalized spacial score (nSPS) is 13.7. The second-order valence-corrected chi connectivity index (χ2v) is 5.50. The zero-order chi connectivity index (χ0) is 14.7. The van der Waals surface area contributed by atoms with Gasteiger partial charge < -0.3 is 15.5 Å². The van der Waals surface area contributed by atoms with Crippen molar-refractivity contribution >= 4 is 17.3 Å². The molecule has 0 radical (unpaired) electrons. The van der Waals surface area contributed by atoms with Crippen molar-refractivity contribution in [2.45, 2.75) is 12.8 Å². The molecule has 20 heavy (non-hydrogen) atoms. The standard InChI is InChI=1S/C16H21N3O/c1-4-9-19(11-12-5-6-12)16(20)13-7-8-15(18(2)3)14(17)10-13/h1,7-8,10,12H,5-6,9,11,17H2,2-3H3. The number of nitrogen functional groups attached to an aromatic ring is 1. The number of hydrogen-bond acceptors (Lipinski definition) is 3. The Labute approximate surface area is 120 Å². The van der Waals surface area contributed by atoms with E-state index in [0.717, 1.165) is 12.2 Å². The topological polar surface area (TPSA) is 49.6 Å². The molecule has 4 nitrogen and oxygen atoms in total. The van der Waals surface area contributed by atoms with Gasteiger partial charge in [-0.15, -0.1) is 6.42 Å². The van der Waals surface area contributed by atoms with E-state index < -0.39 is 0 Å². The van der Waals surface area contributed by atoms with Crippen LogP contribution in [0, 0.1) is 18.3 Å². The van der Waals surface area contributed by atoms with Gasteiger partial charge in [0, 0.05) is 26.2 Å². The van der Waals surface area contributed by atoms with E-state index in [1.807, 2.05) is 31.1 Å². The maximum absolute atomic E-state index is 12.5. The molecule has 1 aromatic carbocycles. The number of terminal acetylenes is 1. The molecule has 0 aromatic heterocycles. The second-order valence-electron chi connectivity index (χ2n) is 5.50. The van der Waals surface area contributed by atoms with Crippen molar-refractivity contribution < 1.29 is 4.79 Å². The van der Waals surface area contributed by atoms with E-state index in [0.29, 0.717) is 23.7 Å². The molecule has 0 unspecified atom stereocenters. The van der Waals surface area contributed by atoms with E-state index in [-0.39, 0.29) is 5.91 Å². The number of amides is 1. The zero-order valence-electron chi connectivity index (χ0n) is 12.1. The van der Waals surface area contributed by atoms with Crippen LogP contribution in [0.1, 0.15) is 23.2 Å². The Bertz CT molecular complexity index is 541. The quantitative estimate of drug-likeness (QED) is 0.656.